The number of carbonyl (C=O) groups is 1. The van der Waals surface area contributed by atoms with Gasteiger partial charge in [-0.05, 0) is 31.9 Å². The van der Waals surface area contributed by atoms with Gasteiger partial charge in [0, 0.05) is 32.0 Å². The van der Waals surface area contributed by atoms with Gasteiger partial charge in [-0.15, -0.1) is 0 Å². The summed E-state index contributed by atoms with van der Waals surface area (Å²) < 4.78 is 5.47. The first-order valence-corrected chi connectivity index (χ1v) is 6.12. The molecule has 94 valence electrons. The molecule has 2 rings (SSSR count). The molecule has 0 aromatic carbocycles. The van der Waals surface area contributed by atoms with Crippen molar-refractivity contribution in [3.63, 3.8) is 0 Å². The molecule has 0 saturated heterocycles. The number of carbonyl (C=O) groups excluding carboxylic acids is 1. The number of hydrogen-bond acceptors (Lipinski definition) is 3. The Labute approximate surface area is 102 Å². The second-order valence-electron chi connectivity index (χ2n) is 4.95. The van der Waals surface area contributed by atoms with E-state index in [1.165, 1.54) is 0 Å². The van der Waals surface area contributed by atoms with E-state index in [2.05, 4.69) is 0 Å². The van der Waals surface area contributed by atoms with E-state index < -0.39 is 0 Å². The Balaban J connectivity index is 1.77. The topological polar surface area (TPSA) is 59.5 Å². The van der Waals surface area contributed by atoms with Crippen molar-refractivity contribution >= 4 is 5.91 Å². The number of furan rings is 1. The first-order chi connectivity index (χ1) is 8.06. The fourth-order valence-electron chi connectivity index (χ4n) is 2.18. The summed E-state index contributed by atoms with van der Waals surface area (Å²) in [4.78, 5) is 13.7. The maximum absolute atomic E-state index is 11.9. The fourth-order valence-corrected chi connectivity index (χ4v) is 2.18. The van der Waals surface area contributed by atoms with Crippen molar-refractivity contribution in [2.24, 2.45) is 11.7 Å². The third-order valence-corrected chi connectivity index (χ3v) is 3.39. The van der Waals surface area contributed by atoms with Crippen LogP contribution in [0.3, 0.4) is 0 Å². The van der Waals surface area contributed by atoms with Crippen LogP contribution < -0.4 is 5.73 Å². The zero-order valence-electron chi connectivity index (χ0n) is 10.5. The molecule has 1 aromatic rings. The summed E-state index contributed by atoms with van der Waals surface area (Å²) in [5, 5.41) is 0. The normalized spacial score (nSPS) is 23.2. The van der Waals surface area contributed by atoms with Crippen LogP contribution >= 0.6 is 0 Å². The minimum Gasteiger partial charge on any atom is -0.466 e. The Hall–Kier alpha value is -1.29. The summed E-state index contributed by atoms with van der Waals surface area (Å²) in [6.07, 6.45) is 2.45. The van der Waals surface area contributed by atoms with Gasteiger partial charge < -0.3 is 15.1 Å². The minimum atomic E-state index is 0.147. The van der Waals surface area contributed by atoms with E-state index in [-0.39, 0.29) is 17.9 Å². The van der Waals surface area contributed by atoms with E-state index in [0.29, 0.717) is 6.54 Å². The Morgan fingerprint density at radius 1 is 1.53 bits per heavy atom. The van der Waals surface area contributed by atoms with E-state index in [9.17, 15) is 4.79 Å². The molecule has 17 heavy (non-hydrogen) atoms. The van der Waals surface area contributed by atoms with Crippen molar-refractivity contribution in [1.29, 1.82) is 0 Å². The quantitative estimate of drug-likeness (QED) is 0.858. The Bertz CT molecular complexity index is 394. The van der Waals surface area contributed by atoms with Crippen molar-refractivity contribution in [2.45, 2.75) is 32.2 Å². The van der Waals surface area contributed by atoms with Crippen LogP contribution in [0.5, 0.6) is 0 Å². The number of amides is 1. The van der Waals surface area contributed by atoms with Crippen LogP contribution in [-0.2, 0) is 11.2 Å². The Morgan fingerprint density at radius 3 is 2.76 bits per heavy atom. The van der Waals surface area contributed by atoms with Gasteiger partial charge in [-0.2, -0.15) is 0 Å². The highest BCUT2D eigenvalue weighted by molar-refractivity contribution is 5.79. The second kappa shape index (κ2) is 4.92. The van der Waals surface area contributed by atoms with E-state index >= 15 is 0 Å². The van der Waals surface area contributed by atoms with Gasteiger partial charge in [0.1, 0.15) is 11.5 Å². The molecule has 1 aliphatic rings. The lowest BCUT2D eigenvalue weighted by Gasteiger charge is -2.34. The van der Waals surface area contributed by atoms with Crippen LogP contribution in [0.1, 0.15) is 24.4 Å². The molecule has 1 amide bonds. The lowest BCUT2D eigenvalue weighted by atomic mass is 9.80. The highest BCUT2D eigenvalue weighted by Crippen LogP contribution is 2.27. The molecule has 1 heterocycles. The molecule has 1 aliphatic carbocycles. The highest BCUT2D eigenvalue weighted by Gasteiger charge is 2.33. The summed E-state index contributed by atoms with van der Waals surface area (Å²) >= 11 is 0. The molecule has 0 atom stereocenters. The smallest absolute Gasteiger partial charge is 0.225 e. The predicted octanol–water partition coefficient (Wildman–Crippen LogP) is 1.33. The van der Waals surface area contributed by atoms with Gasteiger partial charge >= 0.3 is 0 Å². The van der Waals surface area contributed by atoms with Crippen molar-refractivity contribution in [3.05, 3.63) is 23.7 Å². The summed E-state index contributed by atoms with van der Waals surface area (Å²) in [7, 11) is 1.85. The summed E-state index contributed by atoms with van der Waals surface area (Å²) in [6.45, 7) is 2.63. The number of nitrogens with two attached hydrogens (primary N) is 1. The number of aryl methyl sites for hydroxylation is 1. The molecule has 1 fully saturated rings. The van der Waals surface area contributed by atoms with E-state index in [0.717, 1.165) is 30.8 Å². The van der Waals surface area contributed by atoms with Gasteiger partial charge in [-0.25, -0.2) is 0 Å². The van der Waals surface area contributed by atoms with Gasteiger partial charge in [0.05, 0.1) is 0 Å². The first kappa shape index (κ1) is 12.2. The molecule has 4 nitrogen and oxygen atoms in total. The average molecular weight is 236 g/mol. The third-order valence-electron chi connectivity index (χ3n) is 3.39. The van der Waals surface area contributed by atoms with Crippen molar-refractivity contribution in [2.75, 3.05) is 13.6 Å². The largest absolute Gasteiger partial charge is 0.466 e. The van der Waals surface area contributed by atoms with E-state index in [1.807, 2.05) is 26.1 Å². The monoisotopic (exact) mass is 236 g/mol. The molecule has 4 heteroatoms. The maximum Gasteiger partial charge on any atom is 0.225 e. The number of rotatable bonds is 4. The molecule has 0 bridgehead atoms. The van der Waals surface area contributed by atoms with E-state index in [4.69, 9.17) is 10.2 Å². The molecule has 2 N–H and O–H groups in total. The van der Waals surface area contributed by atoms with Crippen LogP contribution in [0.2, 0.25) is 0 Å². The molecule has 1 saturated carbocycles. The number of likely N-dealkylation sites (N-methyl/N-ethyl adjacent to an activating group) is 1. The average Bonchev–Trinajstić information content (AvgIpc) is 2.66. The lowest BCUT2D eigenvalue weighted by molar-refractivity contribution is -0.137. The standard InChI is InChI=1S/C13H20N2O2/c1-9-3-4-12(17-9)5-6-15(2)13(16)10-7-11(14)8-10/h3-4,10-11H,5-8,14H2,1-2H3. The second-order valence-corrected chi connectivity index (χ2v) is 4.95. The van der Waals surface area contributed by atoms with Gasteiger partial charge in [-0.1, -0.05) is 0 Å². The molecular weight excluding hydrogens is 216 g/mol. The summed E-state index contributed by atoms with van der Waals surface area (Å²) in [5.41, 5.74) is 5.69. The molecule has 1 aromatic heterocycles. The van der Waals surface area contributed by atoms with Crippen LogP contribution in [-0.4, -0.2) is 30.4 Å². The maximum atomic E-state index is 11.9. The minimum absolute atomic E-state index is 0.147. The zero-order valence-corrected chi connectivity index (χ0v) is 10.5. The van der Waals surface area contributed by atoms with Crippen molar-refractivity contribution in [1.82, 2.24) is 4.90 Å². The van der Waals surface area contributed by atoms with Gasteiger partial charge in [-0.3, -0.25) is 4.79 Å². The highest BCUT2D eigenvalue weighted by atomic mass is 16.3. The van der Waals surface area contributed by atoms with Crippen LogP contribution in [0.15, 0.2) is 16.5 Å². The molecule has 0 unspecified atom stereocenters. The van der Waals surface area contributed by atoms with Crippen molar-refractivity contribution < 1.29 is 9.21 Å². The predicted molar refractivity (Wildman–Crippen MR) is 65.5 cm³/mol. The fraction of sp³-hybridized carbons (Fsp3) is 0.615. The SMILES string of the molecule is Cc1ccc(CCN(C)C(=O)C2CC(N)C2)o1. The van der Waals surface area contributed by atoms with Gasteiger partial charge in [0.2, 0.25) is 5.91 Å². The summed E-state index contributed by atoms with van der Waals surface area (Å²) in [6, 6.07) is 4.14. The molecular formula is C13H20N2O2. The summed E-state index contributed by atoms with van der Waals surface area (Å²) in [5.74, 6) is 2.22. The van der Waals surface area contributed by atoms with Crippen LogP contribution in [0.4, 0.5) is 0 Å². The zero-order chi connectivity index (χ0) is 12.4. The van der Waals surface area contributed by atoms with E-state index in [1.54, 1.807) is 4.90 Å². The lowest BCUT2D eigenvalue weighted by Crippen LogP contribution is -2.46. The Kier molecular flexibility index (Phi) is 3.52. The van der Waals surface area contributed by atoms with Crippen LogP contribution in [0.25, 0.3) is 0 Å². The van der Waals surface area contributed by atoms with Gasteiger partial charge in [0.25, 0.3) is 0 Å². The Morgan fingerprint density at radius 2 is 2.24 bits per heavy atom. The number of hydrogen-bond donors (Lipinski definition) is 1. The van der Waals surface area contributed by atoms with Crippen LogP contribution in [0, 0.1) is 12.8 Å². The van der Waals surface area contributed by atoms with Gasteiger partial charge in [0.15, 0.2) is 0 Å². The molecule has 0 spiro atoms. The number of nitrogens with zero attached hydrogens (tertiary/aromatic N) is 1. The van der Waals surface area contributed by atoms with Crippen molar-refractivity contribution in [3.8, 4) is 0 Å². The third kappa shape index (κ3) is 2.88. The molecule has 0 radical (unpaired) electrons. The molecule has 0 aliphatic heterocycles. The first-order valence-electron chi connectivity index (χ1n) is 6.12.